The van der Waals surface area contributed by atoms with E-state index in [1.54, 1.807) is 18.4 Å². The Morgan fingerprint density at radius 2 is 1.86 bits per heavy atom. The third-order valence-electron chi connectivity index (χ3n) is 5.24. The molecule has 1 aliphatic heterocycles. The van der Waals surface area contributed by atoms with E-state index < -0.39 is 0 Å². The Morgan fingerprint density at radius 1 is 1.07 bits per heavy atom. The van der Waals surface area contributed by atoms with Crippen molar-refractivity contribution >= 4 is 28.5 Å². The summed E-state index contributed by atoms with van der Waals surface area (Å²) in [5, 5.41) is 3.86. The maximum absolute atomic E-state index is 12.9. The maximum atomic E-state index is 12.9. The molecule has 0 aliphatic carbocycles. The second-order valence-electron chi connectivity index (χ2n) is 7.38. The highest BCUT2D eigenvalue weighted by atomic mass is 16.3. The number of hydrogen-bond donors (Lipinski definition) is 1. The van der Waals surface area contributed by atoms with Crippen LogP contribution in [0.3, 0.4) is 0 Å². The molecule has 0 bridgehead atoms. The Hall–Kier alpha value is -3.08. The summed E-state index contributed by atoms with van der Waals surface area (Å²) in [6.45, 7) is 3.56. The molecular weight excluding hydrogens is 352 g/mol. The predicted molar refractivity (Wildman–Crippen MR) is 109 cm³/mol. The number of aryl methyl sites for hydroxylation is 1. The Labute approximate surface area is 164 Å². The van der Waals surface area contributed by atoms with Gasteiger partial charge in [-0.2, -0.15) is 0 Å². The highest BCUT2D eigenvalue weighted by Crippen LogP contribution is 2.24. The molecule has 1 aromatic heterocycles. The molecule has 2 aromatic carbocycles. The number of nitrogens with one attached hydrogen (secondary N) is 1. The molecule has 0 atom stereocenters. The minimum absolute atomic E-state index is 0.0140. The zero-order valence-electron chi connectivity index (χ0n) is 16.0. The molecule has 1 N–H and O–H groups in total. The van der Waals surface area contributed by atoms with Gasteiger partial charge in [0.2, 0.25) is 5.91 Å². The van der Waals surface area contributed by atoms with Crippen LogP contribution in [0.15, 0.2) is 53.1 Å². The average molecular weight is 376 g/mol. The summed E-state index contributed by atoms with van der Waals surface area (Å²) in [6.07, 6.45) is 5.07. The summed E-state index contributed by atoms with van der Waals surface area (Å²) in [4.78, 5) is 27.4. The Kier molecular flexibility index (Phi) is 5.15. The first-order valence-electron chi connectivity index (χ1n) is 9.77. The van der Waals surface area contributed by atoms with E-state index >= 15 is 0 Å². The van der Waals surface area contributed by atoms with Gasteiger partial charge in [0, 0.05) is 24.0 Å². The SMILES string of the molecule is Cc1ccc2c(CC(=O)Nc3ccccc3C(=O)N3CCCCC3)coc2c1. The highest BCUT2D eigenvalue weighted by molar-refractivity contribution is 6.04. The molecule has 28 heavy (non-hydrogen) atoms. The fourth-order valence-electron chi connectivity index (χ4n) is 3.74. The second-order valence-corrected chi connectivity index (χ2v) is 7.38. The van der Waals surface area contributed by atoms with Crippen LogP contribution in [0.25, 0.3) is 11.0 Å². The molecule has 5 nitrogen and oxygen atoms in total. The predicted octanol–water partition coefficient (Wildman–Crippen LogP) is 4.55. The number of rotatable bonds is 4. The number of carbonyl (C=O) groups is 2. The molecule has 1 saturated heterocycles. The number of furan rings is 1. The van der Waals surface area contributed by atoms with Gasteiger partial charge >= 0.3 is 0 Å². The van der Waals surface area contributed by atoms with Gasteiger partial charge in [-0.25, -0.2) is 0 Å². The summed E-state index contributed by atoms with van der Waals surface area (Å²) < 4.78 is 5.58. The topological polar surface area (TPSA) is 62.6 Å². The van der Waals surface area contributed by atoms with E-state index in [1.165, 1.54) is 6.42 Å². The van der Waals surface area contributed by atoms with Gasteiger partial charge in [0.25, 0.3) is 5.91 Å². The lowest BCUT2D eigenvalue weighted by Gasteiger charge is -2.27. The highest BCUT2D eigenvalue weighted by Gasteiger charge is 2.21. The average Bonchev–Trinajstić information content (AvgIpc) is 3.10. The van der Waals surface area contributed by atoms with Crippen LogP contribution in [0.5, 0.6) is 0 Å². The first kappa shape index (κ1) is 18.3. The monoisotopic (exact) mass is 376 g/mol. The normalized spacial score (nSPS) is 14.2. The van der Waals surface area contributed by atoms with Gasteiger partial charge in [0.15, 0.2) is 0 Å². The van der Waals surface area contributed by atoms with Gasteiger partial charge in [-0.15, -0.1) is 0 Å². The van der Waals surface area contributed by atoms with E-state index in [1.807, 2.05) is 42.2 Å². The number of fused-ring (bicyclic) bond motifs is 1. The van der Waals surface area contributed by atoms with Crippen molar-refractivity contribution in [2.24, 2.45) is 0 Å². The van der Waals surface area contributed by atoms with Crippen molar-refractivity contribution in [2.45, 2.75) is 32.6 Å². The Morgan fingerprint density at radius 3 is 2.68 bits per heavy atom. The van der Waals surface area contributed by atoms with Crippen LogP contribution in [-0.4, -0.2) is 29.8 Å². The van der Waals surface area contributed by atoms with Crippen molar-refractivity contribution in [3.63, 3.8) is 0 Å². The number of likely N-dealkylation sites (tertiary alicyclic amines) is 1. The van der Waals surface area contributed by atoms with Crippen LogP contribution < -0.4 is 5.32 Å². The number of nitrogens with zero attached hydrogens (tertiary/aromatic N) is 1. The van der Waals surface area contributed by atoms with Crippen molar-refractivity contribution in [1.82, 2.24) is 4.90 Å². The zero-order valence-corrected chi connectivity index (χ0v) is 16.0. The number of amides is 2. The van der Waals surface area contributed by atoms with E-state index in [0.29, 0.717) is 11.3 Å². The first-order valence-corrected chi connectivity index (χ1v) is 9.77. The molecule has 5 heteroatoms. The fraction of sp³-hybridized carbons (Fsp3) is 0.304. The van der Waals surface area contributed by atoms with Crippen molar-refractivity contribution < 1.29 is 14.0 Å². The molecule has 2 amide bonds. The third-order valence-corrected chi connectivity index (χ3v) is 5.24. The number of para-hydroxylation sites is 1. The molecule has 4 rings (SSSR count). The largest absolute Gasteiger partial charge is 0.464 e. The van der Waals surface area contributed by atoms with Gasteiger partial charge in [-0.3, -0.25) is 9.59 Å². The van der Waals surface area contributed by atoms with Gasteiger partial charge in [-0.1, -0.05) is 24.3 Å². The van der Waals surface area contributed by atoms with Crippen molar-refractivity contribution in [2.75, 3.05) is 18.4 Å². The van der Waals surface area contributed by atoms with Crippen molar-refractivity contribution in [3.05, 3.63) is 65.4 Å². The smallest absolute Gasteiger partial charge is 0.255 e. The molecule has 1 fully saturated rings. The molecular formula is C23H24N2O3. The van der Waals surface area contributed by atoms with E-state index in [-0.39, 0.29) is 18.2 Å². The third kappa shape index (κ3) is 3.79. The van der Waals surface area contributed by atoms with Crippen molar-refractivity contribution in [1.29, 1.82) is 0 Å². The number of anilines is 1. The minimum Gasteiger partial charge on any atom is -0.464 e. The molecule has 144 valence electrons. The summed E-state index contributed by atoms with van der Waals surface area (Å²) in [6, 6.07) is 13.2. The van der Waals surface area contributed by atoms with E-state index in [2.05, 4.69) is 5.32 Å². The lowest BCUT2D eigenvalue weighted by molar-refractivity contribution is -0.115. The van der Waals surface area contributed by atoms with E-state index in [0.717, 1.165) is 48.0 Å². The summed E-state index contributed by atoms with van der Waals surface area (Å²) in [5.41, 5.74) is 3.84. The van der Waals surface area contributed by atoms with Crippen LogP contribution >= 0.6 is 0 Å². The second kappa shape index (κ2) is 7.89. The maximum Gasteiger partial charge on any atom is 0.255 e. The fourth-order valence-corrected chi connectivity index (χ4v) is 3.74. The number of carbonyl (C=O) groups excluding carboxylic acids is 2. The lowest BCUT2D eigenvalue weighted by Crippen LogP contribution is -2.36. The van der Waals surface area contributed by atoms with Crippen LogP contribution in [0, 0.1) is 6.92 Å². The quantitative estimate of drug-likeness (QED) is 0.727. The molecule has 0 saturated carbocycles. The number of piperidine rings is 1. The Bertz CT molecular complexity index is 1020. The molecule has 1 aliphatic rings. The van der Waals surface area contributed by atoms with Crippen LogP contribution in [-0.2, 0) is 11.2 Å². The van der Waals surface area contributed by atoms with Gasteiger partial charge < -0.3 is 14.6 Å². The molecule has 2 heterocycles. The molecule has 0 unspecified atom stereocenters. The molecule has 0 radical (unpaired) electrons. The van der Waals surface area contributed by atoms with Crippen LogP contribution in [0.2, 0.25) is 0 Å². The lowest BCUT2D eigenvalue weighted by atomic mass is 10.1. The molecule has 0 spiro atoms. The van der Waals surface area contributed by atoms with Crippen molar-refractivity contribution in [3.8, 4) is 0 Å². The minimum atomic E-state index is -0.165. The summed E-state index contributed by atoms with van der Waals surface area (Å²) in [7, 11) is 0. The van der Waals surface area contributed by atoms with Gasteiger partial charge in [0.05, 0.1) is 23.9 Å². The van der Waals surface area contributed by atoms with Gasteiger partial charge in [0.1, 0.15) is 5.58 Å². The molecule has 3 aromatic rings. The Balaban J connectivity index is 1.50. The van der Waals surface area contributed by atoms with Crippen LogP contribution in [0.1, 0.15) is 40.7 Å². The number of hydrogen-bond acceptors (Lipinski definition) is 3. The zero-order chi connectivity index (χ0) is 19.5. The standard InChI is InChI=1S/C23H24N2O3/c1-16-9-10-18-17(15-28-21(18)13-16)14-22(26)24-20-8-4-3-7-19(20)23(27)25-11-5-2-6-12-25/h3-4,7-10,13,15H,2,5-6,11-12,14H2,1H3,(H,24,26). The van der Waals surface area contributed by atoms with Gasteiger partial charge in [-0.05, 0) is 49.9 Å². The van der Waals surface area contributed by atoms with E-state index in [9.17, 15) is 9.59 Å². The number of benzene rings is 2. The van der Waals surface area contributed by atoms with E-state index in [4.69, 9.17) is 4.42 Å². The summed E-state index contributed by atoms with van der Waals surface area (Å²) in [5.74, 6) is -0.179. The first-order chi connectivity index (χ1) is 13.6. The van der Waals surface area contributed by atoms with Crippen LogP contribution in [0.4, 0.5) is 5.69 Å². The summed E-state index contributed by atoms with van der Waals surface area (Å²) >= 11 is 0.